The molecule has 2 rings (SSSR count). The number of carboxylic acid groups (broad SMARTS) is 1. The standard InChI is InChI=1S/C7H11NO2.ClH/c9-7(10)1-4-5-2-8-3-6(4)5;/h4-6,8H,1-3H2,(H,9,10);1H/t4?,5-,6+;. The molecule has 0 radical (unpaired) electrons. The van der Waals surface area contributed by atoms with Gasteiger partial charge in [-0.3, -0.25) is 4.79 Å². The number of halogens is 1. The molecule has 1 aliphatic heterocycles. The second-order valence-corrected chi connectivity index (χ2v) is 3.25. The van der Waals surface area contributed by atoms with E-state index in [9.17, 15) is 4.79 Å². The third-order valence-electron chi connectivity index (χ3n) is 2.68. The summed E-state index contributed by atoms with van der Waals surface area (Å²) in [5, 5.41) is 11.7. The van der Waals surface area contributed by atoms with Crippen molar-refractivity contribution in [3.63, 3.8) is 0 Å². The fourth-order valence-electron chi connectivity index (χ4n) is 2.05. The minimum atomic E-state index is -0.639. The molecule has 0 spiro atoms. The van der Waals surface area contributed by atoms with Crippen molar-refractivity contribution >= 4 is 18.4 Å². The van der Waals surface area contributed by atoms with Gasteiger partial charge in [0.2, 0.25) is 0 Å². The molecule has 1 heterocycles. The van der Waals surface area contributed by atoms with Gasteiger partial charge in [0.05, 0.1) is 0 Å². The fraction of sp³-hybridized carbons (Fsp3) is 0.857. The Labute approximate surface area is 71.6 Å². The molecule has 2 aliphatic rings. The second-order valence-electron chi connectivity index (χ2n) is 3.25. The molecule has 1 unspecified atom stereocenters. The molecular weight excluding hydrogens is 166 g/mol. The highest BCUT2D eigenvalue weighted by molar-refractivity contribution is 5.85. The lowest BCUT2D eigenvalue weighted by molar-refractivity contribution is -0.137. The first-order chi connectivity index (χ1) is 4.79. The summed E-state index contributed by atoms with van der Waals surface area (Å²) in [6.45, 7) is 2.09. The Balaban J connectivity index is 0.000000605. The third-order valence-corrected chi connectivity index (χ3v) is 2.68. The van der Waals surface area contributed by atoms with Crippen LogP contribution in [0.25, 0.3) is 0 Å². The summed E-state index contributed by atoms with van der Waals surface area (Å²) in [5.41, 5.74) is 0. The molecule has 0 bridgehead atoms. The quantitative estimate of drug-likeness (QED) is 0.640. The highest BCUT2D eigenvalue weighted by Gasteiger charge is 2.53. The van der Waals surface area contributed by atoms with Crippen molar-refractivity contribution in [3.8, 4) is 0 Å². The van der Waals surface area contributed by atoms with E-state index in [0.717, 1.165) is 13.1 Å². The van der Waals surface area contributed by atoms with Crippen LogP contribution in [0.5, 0.6) is 0 Å². The van der Waals surface area contributed by atoms with Gasteiger partial charge in [-0.1, -0.05) is 0 Å². The van der Waals surface area contributed by atoms with Crippen molar-refractivity contribution in [1.29, 1.82) is 0 Å². The predicted molar refractivity (Wildman–Crippen MR) is 42.8 cm³/mol. The number of fused-ring (bicyclic) bond motifs is 1. The van der Waals surface area contributed by atoms with Gasteiger partial charge in [-0.25, -0.2) is 0 Å². The lowest BCUT2D eigenvalue weighted by Crippen LogP contribution is -2.15. The first-order valence-corrected chi connectivity index (χ1v) is 3.71. The van der Waals surface area contributed by atoms with Crippen molar-refractivity contribution in [1.82, 2.24) is 5.32 Å². The van der Waals surface area contributed by atoms with Crippen molar-refractivity contribution in [2.24, 2.45) is 17.8 Å². The molecule has 4 heteroatoms. The molecule has 64 valence electrons. The number of hydrogen-bond acceptors (Lipinski definition) is 2. The third kappa shape index (κ3) is 1.49. The van der Waals surface area contributed by atoms with Crippen molar-refractivity contribution < 1.29 is 9.90 Å². The number of carbonyl (C=O) groups is 1. The van der Waals surface area contributed by atoms with E-state index in [1.54, 1.807) is 0 Å². The molecule has 1 saturated carbocycles. The molecule has 11 heavy (non-hydrogen) atoms. The fourth-order valence-corrected chi connectivity index (χ4v) is 2.05. The normalized spacial score (nSPS) is 39.1. The van der Waals surface area contributed by atoms with Crippen LogP contribution in [0, 0.1) is 17.8 Å². The van der Waals surface area contributed by atoms with Crippen LogP contribution in [-0.2, 0) is 4.79 Å². The first kappa shape index (κ1) is 8.81. The van der Waals surface area contributed by atoms with Gasteiger partial charge in [-0.05, 0) is 30.8 Å². The van der Waals surface area contributed by atoms with Crippen LogP contribution in [0.3, 0.4) is 0 Å². The van der Waals surface area contributed by atoms with Gasteiger partial charge in [-0.15, -0.1) is 12.4 Å². The average molecular weight is 178 g/mol. The van der Waals surface area contributed by atoms with E-state index in [1.807, 2.05) is 0 Å². The molecule has 3 nitrogen and oxygen atoms in total. The molecule has 0 aromatic heterocycles. The predicted octanol–water partition coefficient (Wildman–Crippen LogP) is 0.348. The van der Waals surface area contributed by atoms with E-state index < -0.39 is 5.97 Å². The summed E-state index contributed by atoms with van der Waals surface area (Å²) in [4.78, 5) is 10.3. The van der Waals surface area contributed by atoms with Crippen molar-refractivity contribution in [2.75, 3.05) is 13.1 Å². The molecule has 0 amide bonds. The molecule has 2 N–H and O–H groups in total. The van der Waals surface area contributed by atoms with Crippen molar-refractivity contribution in [2.45, 2.75) is 6.42 Å². The number of rotatable bonds is 2. The Hall–Kier alpha value is -0.280. The van der Waals surface area contributed by atoms with Gasteiger partial charge in [0.1, 0.15) is 0 Å². The number of hydrogen-bond donors (Lipinski definition) is 2. The Kier molecular flexibility index (Phi) is 2.40. The van der Waals surface area contributed by atoms with E-state index in [0.29, 0.717) is 24.2 Å². The lowest BCUT2D eigenvalue weighted by Gasteiger charge is -1.98. The highest BCUT2D eigenvalue weighted by Crippen LogP contribution is 2.50. The highest BCUT2D eigenvalue weighted by atomic mass is 35.5. The van der Waals surface area contributed by atoms with Crippen LogP contribution in [0.1, 0.15) is 6.42 Å². The van der Waals surface area contributed by atoms with Crippen LogP contribution < -0.4 is 5.32 Å². The molecule has 0 aromatic carbocycles. The second kappa shape index (κ2) is 2.99. The van der Waals surface area contributed by atoms with Crippen LogP contribution >= 0.6 is 12.4 Å². The monoisotopic (exact) mass is 177 g/mol. The molecule has 1 saturated heterocycles. The van der Waals surface area contributed by atoms with Crippen LogP contribution in [0.4, 0.5) is 0 Å². The van der Waals surface area contributed by atoms with Crippen LogP contribution in [-0.4, -0.2) is 24.2 Å². The summed E-state index contributed by atoms with van der Waals surface area (Å²) in [6, 6.07) is 0. The van der Waals surface area contributed by atoms with E-state index in [1.165, 1.54) is 0 Å². The Morgan fingerprint density at radius 1 is 1.45 bits per heavy atom. The average Bonchev–Trinajstić information content (AvgIpc) is 2.40. The van der Waals surface area contributed by atoms with Gasteiger partial charge in [0, 0.05) is 6.42 Å². The zero-order chi connectivity index (χ0) is 7.14. The van der Waals surface area contributed by atoms with Gasteiger partial charge in [-0.2, -0.15) is 0 Å². The Morgan fingerprint density at radius 3 is 2.45 bits per heavy atom. The molecule has 0 aromatic rings. The van der Waals surface area contributed by atoms with E-state index in [-0.39, 0.29) is 12.4 Å². The Morgan fingerprint density at radius 2 is 2.00 bits per heavy atom. The van der Waals surface area contributed by atoms with E-state index in [2.05, 4.69) is 5.32 Å². The van der Waals surface area contributed by atoms with Gasteiger partial charge in [0.15, 0.2) is 0 Å². The summed E-state index contributed by atoms with van der Waals surface area (Å²) >= 11 is 0. The van der Waals surface area contributed by atoms with E-state index >= 15 is 0 Å². The van der Waals surface area contributed by atoms with Gasteiger partial charge < -0.3 is 10.4 Å². The maximum atomic E-state index is 10.3. The summed E-state index contributed by atoms with van der Waals surface area (Å²) in [5.74, 6) is 1.24. The minimum absolute atomic E-state index is 0. The Bertz CT molecular complexity index is 164. The maximum absolute atomic E-state index is 10.3. The maximum Gasteiger partial charge on any atom is 0.303 e. The zero-order valence-corrected chi connectivity index (χ0v) is 6.93. The first-order valence-electron chi connectivity index (χ1n) is 3.71. The minimum Gasteiger partial charge on any atom is -0.481 e. The summed E-state index contributed by atoms with van der Waals surface area (Å²) < 4.78 is 0. The van der Waals surface area contributed by atoms with Crippen LogP contribution in [0.15, 0.2) is 0 Å². The SMILES string of the molecule is Cl.O=C(O)CC1[C@H]2CNC[C@@H]12. The van der Waals surface area contributed by atoms with Gasteiger partial charge >= 0.3 is 5.97 Å². The summed E-state index contributed by atoms with van der Waals surface area (Å²) in [6.07, 6.45) is 0.386. The number of aliphatic carboxylic acids is 1. The van der Waals surface area contributed by atoms with E-state index in [4.69, 9.17) is 5.11 Å². The van der Waals surface area contributed by atoms with Crippen LogP contribution in [0.2, 0.25) is 0 Å². The number of piperidine rings is 1. The molecule has 3 atom stereocenters. The lowest BCUT2D eigenvalue weighted by atomic mass is 10.2. The molecular formula is C7H12ClNO2. The molecule has 1 aliphatic carbocycles. The zero-order valence-electron chi connectivity index (χ0n) is 6.12. The smallest absolute Gasteiger partial charge is 0.303 e. The largest absolute Gasteiger partial charge is 0.481 e. The van der Waals surface area contributed by atoms with Gasteiger partial charge in [0.25, 0.3) is 0 Å². The topological polar surface area (TPSA) is 49.3 Å². The summed E-state index contributed by atoms with van der Waals surface area (Å²) in [7, 11) is 0. The molecule has 2 fully saturated rings. The number of carboxylic acids is 1. The number of nitrogens with one attached hydrogen (secondary N) is 1. The van der Waals surface area contributed by atoms with Crippen molar-refractivity contribution in [3.05, 3.63) is 0 Å².